The maximum absolute atomic E-state index is 13.8. The van der Waals surface area contributed by atoms with Gasteiger partial charge in [0.25, 0.3) is 11.8 Å². The first-order chi connectivity index (χ1) is 17.9. The molecule has 5 rings (SSSR count). The Bertz CT molecular complexity index is 1480. The van der Waals surface area contributed by atoms with E-state index in [9.17, 15) is 14.0 Å². The number of anilines is 2. The minimum atomic E-state index is -0.481. The van der Waals surface area contributed by atoms with Crippen molar-refractivity contribution in [3.8, 4) is 0 Å². The van der Waals surface area contributed by atoms with Gasteiger partial charge in [-0.15, -0.1) is 10.2 Å². The number of nitrogens with zero attached hydrogens (tertiary/aromatic N) is 3. The molecule has 3 aromatic rings. The Kier molecular flexibility index (Phi) is 7.34. The molecule has 3 aromatic carbocycles. The van der Waals surface area contributed by atoms with Crippen LogP contribution in [0.4, 0.5) is 15.8 Å². The molecule has 0 radical (unpaired) electrons. The molecule has 37 heavy (non-hydrogen) atoms. The Morgan fingerprint density at radius 3 is 2.62 bits per heavy atom. The molecule has 6 nitrogen and oxygen atoms in total. The predicted molar refractivity (Wildman–Crippen MR) is 151 cm³/mol. The van der Waals surface area contributed by atoms with E-state index in [2.05, 4.69) is 38.4 Å². The van der Waals surface area contributed by atoms with Crippen molar-refractivity contribution >= 4 is 67.8 Å². The smallest absolute Gasteiger partial charge is 0.276 e. The SMILES string of the molecule is CCCCc1ccc(N2C(=O)C(=Cc3cccc(Br)c3)SC2=NN=C2C(=O)Nc3ccc(F)cc32)cc1. The van der Waals surface area contributed by atoms with Crippen LogP contribution in [0, 0.1) is 5.82 Å². The highest BCUT2D eigenvalue weighted by atomic mass is 79.9. The summed E-state index contributed by atoms with van der Waals surface area (Å²) in [7, 11) is 0. The lowest BCUT2D eigenvalue weighted by atomic mass is 10.1. The van der Waals surface area contributed by atoms with Crippen molar-refractivity contribution in [3.63, 3.8) is 0 Å². The van der Waals surface area contributed by atoms with Gasteiger partial charge in [-0.3, -0.25) is 14.5 Å². The van der Waals surface area contributed by atoms with Crippen LogP contribution in [0.15, 0.2) is 86.3 Å². The van der Waals surface area contributed by atoms with Crippen molar-refractivity contribution in [3.05, 3.63) is 98.6 Å². The normalized spacial score (nSPS) is 18.2. The van der Waals surface area contributed by atoms with E-state index in [1.165, 1.54) is 40.4 Å². The monoisotopic (exact) mass is 576 g/mol. The molecule has 9 heteroatoms. The van der Waals surface area contributed by atoms with Gasteiger partial charge >= 0.3 is 0 Å². The van der Waals surface area contributed by atoms with E-state index in [0.29, 0.717) is 27.0 Å². The first-order valence-corrected chi connectivity index (χ1v) is 13.4. The number of carbonyl (C=O) groups is 2. The van der Waals surface area contributed by atoms with Crippen LogP contribution in [0.5, 0.6) is 0 Å². The van der Waals surface area contributed by atoms with Crippen LogP contribution >= 0.6 is 27.7 Å². The Balaban J connectivity index is 1.54. The van der Waals surface area contributed by atoms with Crippen LogP contribution in [0.1, 0.15) is 36.5 Å². The molecule has 0 aliphatic carbocycles. The lowest BCUT2D eigenvalue weighted by Crippen LogP contribution is -2.28. The fourth-order valence-corrected chi connectivity index (χ4v) is 5.37. The van der Waals surface area contributed by atoms with Gasteiger partial charge in [0, 0.05) is 10.0 Å². The first-order valence-electron chi connectivity index (χ1n) is 11.8. The summed E-state index contributed by atoms with van der Waals surface area (Å²) < 4.78 is 14.7. The summed E-state index contributed by atoms with van der Waals surface area (Å²) in [5, 5.41) is 11.4. The van der Waals surface area contributed by atoms with Gasteiger partial charge in [0.05, 0.1) is 16.3 Å². The van der Waals surface area contributed by atoms with E-state index in [0.717, 1.165) is 29.3 Å². The number of unbranched alkanes of at least 4 members (excludes halogenated alkanes) is 1. The van der Waals surface area contributed by atoms with Crippen LogP contribution in [-0.2, 0) is 16.0 Å². The number of aryl methyl sites for hydroxylation is 1. The second-order valence-electron chi connectivity index (χ2n) is 8.55. The molecule has 0 bridgehead atoms. The van der Waals surface area contributed by atoms with Gasteiger partial charge in [-0.1, -0.05) is 53.5 Å². The average molecular weight is 577 g/mol. The van der Waals surface area contributed by atoms with E-state index >= 15 is 0 Å². The van der Waals surface area contributed by atoms with Crippen LogP contribution in [0.3, 0.4) is 0 Å². The minimum Gasteiger partial charge on any atom is -0.320 e. The highest BCUT2D eigenvalue weighted by molar-refractivity contribution is 9.10. The lowest BCUT2D eigenvalue weighted by molar-refractivity contribution is -0.113. The van der Waals surface area contributed by atoms with E-state index in [4.69, 9.17) is 0 Å². The molecule has 0 saturated carbocycles. The zero-order chi connectivity index (χ0) is 25.9. The number of halogens is 2. The molecule has 1 N–H and O–H groups in total. The van der Waals surface area contributed by atoms with Crippen molar-refractivity contribution < 1.29 is 14.0 Å². The Hall–Kier alpha value is -3.56. The largest absolute Gasteiger partial charge is 0.320 e. The summed E-state index contributed by atoms with van der Waals surface area (Å²) in [6.07, 6.45) is 4.95. The molecule has 2 aliphatic heterocycles. The molecule has 0 spiro atoms. The number of rotatable bonds is 6. The number of amides is 2. The number of hydrogen-bond acceptors (Lipinski definition) is 5. The van der Waals surface area contributed by atoms with Crippen molar-refractivity contribution in [1.29, 1.82) is 0 Å². The first kappa shape index (κ1) is 25.1. The molecule has 2 aliphatic rings. The van der Waals surface area contributed by atoms with Crippen molar-refractivity contribution in [2.45, 2.75) is 26.2 Å². The van der Waals surface area contributed by atoms with Crippen LogP contribution < -0.4 is 10.2 Å². The van der Waals surface area contributed by atoms with Gasteiger partial charge in [-0.25, -0.2) is 4.39 Å². The van der Waals surface area contributed by atoms with Gasteiger partial charge in [0.1, 0.15) is 5.82 Å². The van der Waals surface area contributed by atoms with Gasteiger partial charge in [0.2, 0.25) is 5.17 Å². The maximum atomic E-state index is 13.8. The third-order valence-electron chi connectivity index (χ3n) is 5.90. The predicted octanol–water partition coefficient (Wildman–Crippen LogP) is 6.76. The summed E-state index contributed by atoms with van der Waals surface area (Å²) in [6, 6.07) is 19.4. The fourth-order valence-electron chi connectivity index (χ4n) is 4.03. The molecule has 1 fully saturated rings. The molecule has 1 saturated heterocycles. The summed E-state index contributed by atoms with van der Waals surface area (Å²) in [4.78, 5) is 28.0. The number of hydrogen-bond donors (Lipinski definition) is 1. The van der Waals surface area contributed by atoms with Gasteiger partial charge in [0.15, 0.2) is 5.71 Å². The van der Waals surface area contributed by atoms with Crippen LogP contribution in [0.2, 0.25) is 0 Å². The average Bonchev–Trinajstić information content (AvgIpc) is 3.36. The standard InChI is InChI=1S/C28H22BrFN4O2S/c1-2-3-5-17-8-11-21(12-9-17)34-27(36)24(15-18-6-4-7-19(29)14-18)37-28(34)33-32-25-22-16-20(30)10-13-23(22)31-26(25)35/h4,6-16H,2-3,5H2,1H3,(H,31,32,35). The molecule has 2 heterocycles. The van der Waals surface area contributed by atoms with Crippen LogP contribution in [0.25, 0.3) is 6.08 Å². The van der Waals surface area contributed by atoms with Gasteiger partial charge in [-0.05, 0) is 84.3 Å². The second-order valence-corrected chi connectivity index (χ2v) is 10.5. The number of benzene rings is 3. The Morgan fingerprint density at radius 1 is 1.05 bits per heavy atom. The fraction of sp³-hybridized carbons (Fsp3) is 0.143. The van der Waals surface area contributed by atoms with E-state index in [1.807, 2.05) is 48.5 Å². The summed E-state index contributed by atoms with van der Waals surface area (Å²) in [5.41, 5.74) is 3.49. The van der Waals surface area contributed by atoms with E-state index in [-0.39, 0.29) is 11.6 Å². The minimum absolute atomic E-state index is 0.00525. The molecule has 186 valence electrons. The highest BCUT2D eigenvalue weighted by Gasteiger charge is 2.35. The number of amidine groups is 1. The van der Waals surface area contributed by atoms with Gasteiger partial charge in [-0.2, -0.15) is 0 Å². The quantitative estimate of drug-likeness (QED) is 0.260. The molecular formula is C28H22BrFN4O2S. The number of nitrogens with one attached hydrogen (secondary N) is 1. The lowest BCUT2D eigenvalue weighted by Gasteiger charge is -2.15. The molecular weight excluding hydrogens is 555 g/mol. The molecule has 2 amide bonds. The molecule has 0 unspecified atom stereocenters. The third kappa shape index (κ3) is 5.42. The summed E-state index contributed by atoms with van der Waals surface area (Å²) >= 11 is 4.63. The van der Waals surface area contributed by atoms with Gasteiger partial charge < -0.3 is 5.32 Å². The van der Waals surface area contributed by atoms with Crippen molar-refractivity contribution in [1.82, 2.24) is 0 Å². The molecule has 0 atom stereocenters. The van der Waals surface area contributed by atoms with E-state index < -0.39 is 11.7 Å². The van der Waals surface area contributed by atoms with E-state index in [1.54, 1.807) is 6.08 Å². The topological polar surface area (TPSA) is 74.1 Å². The zero-order valence-electron chi connectivity index (χ0n) is 19.9. The van der Waals surface area contributed by atoms with Crippen molar-refractivity contribution in [2.24, 2.45) is 10.2 Å². The Morgan fingerprint density at radius 2 is 1.86 bits per heavy atom. The third-order valence-corrected chi connectivity index (χ3v) is 7.35. The number of fused-ring (bicyclic) bond motifs is 1. The maximum Gasteiger partial charge on any atom is 0.276 e. The van der Waals surface area contributed by atoms with Crippen LogP contribution in [-0.4, -0.2) is 22.7 Å². The number of carbonyl (C=O) groups excluding carboxylic acids is 2. The molecule has 0 aromatic heterocycles. The zero-order valence-corrected chi connectivity index (χ0v) is 22.3. The summed E-state index contributed by atoms with van der Waals surface area (Å²) in [6.45, 7) is 2.15. The Labute approximate surface area is 226 Å². The summed E-state index contributed by atoms with van der Waals surface area (Å²) in [5.74, 6) is -1.20. The number of thioether (sulfide) groups is 1. The second kappa shape index (κ2) is 10.8. The van der Waals surface area contributed by atoms with Crippen molar-refractivity contribution in [2.75, 3.05) is 10.2 Å². The highest BCUT2D eigenvalue weighted by Crippen LogP contribution is 2.37.